The number of anilines is 1. The molecule has 0 unspecified atom stereocenters. The van der Waals surface area contributed by atoms with Gasteiger partial charge in [-0.1, -0.05) is 18.5 Å². The Morgan fingerprint density at radius 2 is 2.15 bits per heavy atom. The summed E-state index contributed by atoms with van der Waals surface area (Å²) in [5.41, 5.74) is 6.67. The molecule has 1 heterocycles. The van der Waals surface area contributed by atoms with Gasteiger partial charge in [0.15, 0.2) is 0 Å². The van der Waals surface area contributed by atoms with Crippen molar-refractivity contribution in [2.24, 2.45) is 5.92 Å². The first-order valence-electron chi connectivity index (χ1n) is 7.12. The Morgan fingerprint density at radius 3 is 2.85 bits per heavy atom. The van der Waals surface area contributed by atoms with E-state index >= 15 is 0 Å². The fourth-order valence-electron chi connectivity index (χ4n) is 2.43. The van der Waals surface area contributed by atoms with Crippen molar-refractivity contribution in [3.05, 3.63) is 28.8 Å². The van der Waals surface area contributed by atoms with Crippen LogP contribution in [-0.4, -0.2) is 37.0 Å². The van der Waals surface area contributed by atoms with Crippen molar-refractivity contribution in [1.82, 2.24) is 10.2 Å². The van der Waals surface area contributed by atoms with Crippen molar-refractivity contribution in [3.8, 4) is 0 Å². The van der Waals surface area contributed by atoms with E-state index in [1.54, 1.807) is 18.2 Å². The summed E-state index contributed by atoms with van der Waals surface area (Å²) in [7, 11) is 0. The number of hydrogen-bond donors (Lipinski definition) is 2. The van der Waals surface area contributed by atoms with E-state index in [1.807, 2.05) is 0 Å². The molecule has 1 aromatic carbocycles. The number of benzene rings is 1. The van der Waals surface area contributed by atoms with Gasteiger partial charge in [-0.05, 0) is 50.0 Å². The highest BCUT2D eigenvalue weighted by Gasteiger charge is 2.16. The summed E-state index contributed by atoms with van der Waals surface area (Å²) < 4.78 is 0. The number of piperidine rings is 1. The molecule has 1 fully saturated rings. The van der Waals surface area contributed by atoms with Crippen molar-refractivity contribution >= 4 is 23.2 Å². The van der Waals surface area contributed by atoms with Gasteiger partial charge in [0.05, 0.1) is 10.6 Å². The minimum Gasteiger partial charge on any atom is -0.399 e. The Morgan fingerprint density at radius 1 is 1.45 bits per heavy atom. The SMILES string of the molecule is CC1CCN(CCNC(=O)c2cc(N)ccc2Cl)CC1. The molecule has 5 heteroatoms. The number of hydrogen-bond acceptors (Lipinski definition) is 3. The van der Waals surface area contributed by atoms with Gasteiger partial charge in [0.1, 0.15) is 0 Å². The Hall–Kier alpha value is -1.26. The zero-order valence-corrected chi connectivity index (χ0v) is 12.6. The largest absolute Gasteiger partial charge is 0.399 e. The Kier molecular flexibility index (Phi) is 5.26. The lowest BCUT2D eigenvalue weighted by atomic mass is 9.99. The topological polar surface area (TPSA) is 58.4 Å². The molecule has 1 aliphatic heterocycles. The fourth-order valence-corrected chi connectivity index (χ4v) is 2.63. The van der Waals surface area contributed by atoms with Crippen molar-refractivity contribution in [2.75, 3.05) is 31.9 Å². The van der Waals surface area contributed by atoms with Crippen LogP contribution in [0, 0.1) is 5.92 Å². The average molecular weight is 296 g/mol. The van der Waals surface area contributed by atoms with Crippen LogP contribution in [0.5, 0.6) is 0 Å². The molecule has 1 aromatic rings. The molecular weight excluding hydrogens is 274 g/mol. The molecule has 0 spiro atoms. The van der Waals surface area contributed by atoms with Gasteiger partial charge in [0, 0.05) is 18.8 Å². The van der Waals surface area contributed by atoms with Gasteiger partial charge in [-0.15, -0.1) is 0 Å². The summed E-state index contributed by atoms with van der Waals surface area (Å²) in [6.07, 6.45) is 2.49. The standard InChI is InChI=1S/C15H22ClN3O/c1-11-4-7-19(8-5-11)9-6-18-15(20)13-10-12(17)2-3-14(13)16/h2-3,10-11H,4-9,17H2,1H3,(H,18,20). The second-order valence-corrected chi connectivity index (χ2v) is 5.93. The summed E-state index contributed by atoms with van der Waals surface area (Å²) in [6, 6.07) is 4.95. The molecule has 20 heavy (non-hydrogen) atoms. The van der Waals surface area contributed by atoms with Crippen LogP contribution in [0.2, 0.25) is 5.02 Å². The highest BCUT2D eigenvalue weighted by atomic mass is 35.5. The lowest BCUT2D eigenvalue weighted by Gasteiger charge is -2.30. The first kappa shape index (κ1) is 15.1. The van der Waals surface area contributed by atoms with Gasteiger partial charge in [0.25, 0.3) is 5.91 Å². The molecule has 0 radical (unpaired) electrons. The third-order valence-electron chi connectivity index (χ3n) is 3.82. The number of amides is 1. The maximum Gasteiger partial charge on any atom is 0.252 e. The van der Waals surface area contributed by atoms with Crippen molar-refractivity contribution in [1.29, 1.82) is 0 Å². The van der Waals surface area contributed by atoms with Gasteiger partial charge >= 0.3 is 0 Å². The van der Waals surface area contributed by atoms with Crippen molar-refractivity contribution in [2.45, 2.75) is 19.8 Å². The molecule has 1 aliphatic rings. The maximum absolute atomic E-state index is 12.0. The molecule has 0 aliphatic carbocycles. The third kappa shape index (κ3) is 4.12. The minimum absolute atomic E-state index is 0.160. The van der Waals surface area contributed by atoms with E-state index in [9.17, 15) is 4.79 Å². The number of likely N-dealkylation sites (tertiary alicyclic amines) is 1. The zero-order chi connectivity index (χ0) is 14.5. The number of nitrogens with two attached hydrogens (primary N) is 1. The first-order valence-corrected chi connectivity index (χ1v) is 7.49. The number of halogens is 1. The summed E-state index contributed by atoms with van der Waals surface area (Å²) >= 11 is 6.01. The summed E-state index contributed by atoms with van der Waals surface area (Å²) in [4.78, 5) is 14.4. The van der Waals surface area contributed by atoms with E-state index in [0.29, 0.717) is 22.8 Å². The van der Waals surface area contributed by atoms with E-state index in [2.05, 4.69) is 17.1 Å². The smallest absolute Gasteiger partial charge is 0.252 e. The lowest BCUT2D eigenvalue weighted by molar-refractivity contribution is 0.0944. The maximum atomic E-state index is 12.0. The van der Waals surface area contributed by atoms with E-state index in [0.717, 1.165) is 25.6 Å². The summed E-state index contributed by atoms with van der Waals surface area (Å²) in [5, 5.41) is 3.34. The van der Waals surface area contributed by atoms with Crippen LogP contribution in [0.1, 0.15) is 30.1 Å². The van der Waals surface area contributed by atoms with Gasteiger partial charge < -0.3 is 16.0 Å². The Bertz CT molecular complexity index is 470. The molecule has 110 valence electrons. The van der Waals surface area contributed by atoms with Gasteiger partial charge in [-0.2, -0.15) is 0 Å². The number of carbonyl (C=O) groups excluding carboxylic acids is 1. The molecule has 0 saturated carbocycles. The molecule has 3 N–H and O–H groups in total. The van der Waals surface area contributed by atoms with Crippen LogP contribution >= 0.6 is 11.6 Å². The van der Waals surface area contributed by atoms with Crippen LogP contribution in [0.3, 0.4) is 0 Å². The van der Waals surface area contributed by atoms with Gasteiger partial charge in [-0.3, -0.25) is 4.79 Å². The summed E-state index contributed by atoms with van der Waals surface area (Å²) in [6.45, 7) is 6.06. The van der Waals surface area contributed by atoms with E-state index in [-0.39, 0.29) is 5.91 Å². The highest BCUT2D eigenvalue weighted by molar-refractivity contribution is 6.34. The third-order valence-corrected chi connectivity index (χ3v) is 4.15. The summed E-state index contributed by atoms with van der Waals surface area (Å²) in [5.74, 6) is 0.666. The molecule has 0 aromatic heterocycles. The molecule has 4 nitrogen and oxygen atoms in total. The molecule has 2 rings (SSSR count). The van der Waals surface area contributed by atoms with Crippen molar-refractivity contribution < 1.29 is 4.79 Å². The first-order chi connectivity index (χ1) is 9.56. The van der Waals surface area contributed by atoms with Gasteiger partial charge in [0.2, 0.25) is 0 Å². The number of nitrogen functional groups attached to an aromatic ring is 1. The normalized spacial score (nSPS) is 17.1. The van der Waals surface area contributed by atoms with Gasteiger partial charge in [-0.25, -0.2) is 0 Å². The predicted octanol–water partition coefficient (Wildman–Crippen LogP) is 2.38. The predicted molar refractivity (Wildman–Crippen MR) is 83.0 cm³/mol. The zero-order valence-electron chi connectivity index (χ0n) is 11.9. The quantitative estimate of drug-likeness (QED) is 0.839. The van der Waals surface area contributed by atoms with E-state index in [4.69, 9.17) is 17.3 Å². The molecular formula is C15H22ClN3O. The molecule has 0 bridgehead atoms. The molecule has 1 amide bonds. The number of carbonyl (C=O) groups is 1. The second-order valence-electron chi connectivity index (χ2n) is 5.52. The lowest BCUT2D eigenvalue weighted by Crippen LogP contribution is -2.39. The average Bonchev–Trinajstić information content (AvgIpc) is 2.43. The number of nitrogens with one attached hydrogen (secondary N) is 1. The van der Waals surface area contributed by atoms with E-state index in [1.165, 1.54) is 12.8 Å². The van der Waals surface area contributed by atoms with E-state index < -0.39 is 0 Å². The second kappa shape index (κ2) is 6.95. The molecule has 1 saturated heterocycles. The number of nitrogens with zero attached hydrogens (tertiary/aromatic N) is 1. The number of rotatable bonds is 4. The fraction of sp³-hybridized carbons (Fsp3) is 0.533. The van der Waals surface area contributed by atoms with Crippen molar-refractivity contribution in [3.63, 3.8) is 0 Å². The molecule has 0 atom stereocenters. The van der Waals surface area contributed by atoms with Crippen LogP contribution in [0.25, 0.3) is 0 Å². The van der Waals surface area contributed by atoms with Crippen LogP contribution in [0.15, 0.2) is 18.2 Å². The van der Waals surface area contributed by atoms with Crippen LogP contribution in [-0.2, 0) is 0 Å². The Balaban J connectivity index is 1.79. The Labute approximate surface area is 125 Å². The highest BCUT2D eigenvalue weighted by Crippen LogP contribution is 2.18. The van der Waals surface area contributed by atoms with Crippen LogP contribution in [0.4, 0.5) is 5.69 Å². The van der Waals surface area contributed by atoms with Crippen LogP contribution < -0.4 is 11.1 Å². The monoisotopic (exact) mass is 295 g/mol. The minimum atomic E-state index is -0.160.